The first-order valence-electron chi connectivity index (χ1n) is 8.02. The molecule has 0 fully saturated rings. The van der Waals surface area contributed by atoms with E-state index in [9.17, 15) is 0 Å². The van der Waals surface area contributed by atoms with E-state index < -0.39 is 0 Å². The molecule has 0 spiro atoms. The van der Waals surface area contributed by atoms with Crippen LogP contribution in [0, 0.1) is 0 Å². The average Bonchev–Trinajstić information content (AvgIpc) is 2.57. The van der Waals surface area contributed by atoms with Gasteiger partial charge >= 0.3 is 0 Å². The summed E-state index contributed by atoms with van der Waals surface area (Å²) in [4.78, 5) is 4.57. The molecule has 0 radical (unpaired) electrons. The molecule has 0 heterocycles. The van der Waals surface area contributed by atoms with E-state index in [1.165, 1.54) is 0 Å². The van der Waals surface area contributed by atoms with Crippen LogP contribution in [0.5, 0.6) is 5.75 Å². The highest BCUT2D eigenvalue weighted by Crippen LogP contribution is 2.14. The largest absolute Gasteiger partial charge is 0.493 e. The summed E-state index contributed by atoms with van der Waals surface area (Å²) in [5, 5.41) is 6.44. The third kappa shape index (κ3) is 9.05. The number of hydrogen-bond acceptors (Lipinski definition) is 4. The van der Waals surface area contributed by atoms with Crippen molar-refractivity contribution in [2.75, 3.05) is 47.1 Å². The molecule has 0 aromatic heterocycles. The first kappa shape index (κ1) is 19.3. The van der Waals surface area contributed by atoms with Gasteiger partial charge in [-0.3, -0.25) is 0 Å². The van der Waals surface area contributed by atoms with E-state index in [1.54, 1.807) is 14.2 Å². The van der Waals surface area contributed by atoms with Gasteiger partial charge in [0.2, 0.25) is 0 Å². The molecule has 0 unspecified atom stereocenters. The minimum atomic E-state index is 0.595. The fourth-order valence-corrected chi connectivity index (χ4v) is 1.91. The van der Waals surface area contributed by atoms with Crippen molar-refractivity contribution >= 4 is 5.96 Å². The standard InChI is InChI=1S/C17H29N3O3/c1-4-18-17(19-9-12-22-3)20-14-15-7-5-8-16(13-15)23-11-6-10-21-2/h5,7-8,13H,4,6,9-12,14H2,1-3H3,(H2,18,19,20). The van der Waals surface area contributed by atoms with Gasteiger partial charge in [0, 0.05) is 40.3 Å². The van der Waals surface area contributed by atoms with E-state index in [2.05, 4.69) is 15.6 Å². The molecule has 1 aromatic rings. The molecule has 130 valence electrons. The van der Waals surface area contributed by atoms with Crippen LogP contribution in [0.2, 0.25) is 0 Å². The number of hydrogen-bond donors (Lipinski definition) is 2. The molecule has 1 aromatic carbocycles. The van der Waals surface area contributed by atoms with Crippen molar-refractivity contribution in [2.24, 2.45) is 4.99 Å². The number of methoxy groups -OCH3 is 2. The number of ether oxygens (including phenoxy) is 3. The Morgan fingerprint density at radius 2 is 1.91 bits per heavy atom. The van der Waals surface area contributed by atoms with Crippen LogP contribution in [0.1, 0.15) is 18.9 Å². The number of aliphatic imine (C=N–C) groups is 1. The Balaban J connectivity index is 2.51. The van der Waals surface area contributed by atoms with E-state index in [4.69, 9.17) is 14.2 Å². The van der Waals surface area contributed by atoms with E-state index in [-0.39, 0.29) is 0 Å². The Morgan fingerprint density at radius 3 is 2.65 bits per heavy atom. The van der Waals surface area contributed by atoms with Gasteiger partial charge in [0.1, 0.15) is 5.75 Å². The lowest BCUT2D eigenvalue weighted by molar-refractivity contribution is 0.172. The highest BCUT2D eigenvalue weighted by atomic mass is 16.5. The highest BCUT2D eigenvalue weighted by Gasteiger charge is 1.99. The van der Waals surface area contributed by atoms with Crippen molar-refractivity contribution < 1.29 is 14.2 Å². The average molecular weight is 323 g/mol. The van der Waals surface area contributed by atoms with Crippen LogP contribution in [0.3, 0.4) is 0 Å². The Morgan fingerprint density at radius 1 is 1.09 bits per heavy atom. The van der Waals surface area contributed by atoms with Crippen LogP contribution >= 0.6 is 0 Å². The van der Waals surface area contributed by atoms with Crippen LogP contribution in [0.15, 0.2) is 29.3 Å². The zero-order chi connectivity index (χ0) is 16.8. The zero-order valence-corrected chi connectivity index (χ0v) is 14.4. The quantitative estimate of drug-likeness (QED) is 0.369. The molecule has 2 N–H and O–H groups in total. The van der Waals surface area contributed by atoms with E-state index in [0.29, 0.717) is 26.4 Å². The lowest BCUT2D eigenvalue weighted by atomic mass is 10.2. The number of nitrogens with zero attached hydrogens (tertiary/aromatic N) is 1. The van der Waals surface area contributed by atoms with Gasteiger partial charge in [-0.05, 0) is 24.6 Å². The van der Waals surface area contributed by atoms with Crippen LogP contribution in [-0.2, 0) is 16.0 Å². The van der Waals surface area contributed by atoms with Crippen LogP contribution in [-0.4, -0.2) is 53.1 Å². The summed E-state index contributed by atoms with van der Waals surface area (Å²) in [6, 6.07) is 8.02. The van der Waals surface area contributed by atoms with Crippen LogP contribution < -0.4 is 15.4 Å². The molecular formula is C17H29N3O3. The molecule has 0 saturated heterocycles. The van der Waals surface area contributed by atoms with Gasteiger partial charge in [-0.1, -0.05) is 12.1 Å². The predicted molar refractivity (Wildman–Crippen MR) is 93.1 cm³/mol. The molecule has 0 saturated carbocycles. The van der Waals surface area contributed by atoms with Crippen LogP contribution in [0.25, 0.3) is 0 Å². The fourth-order valence-electron chi connectivity index (χ4n) is 1.91. The summed E-state index contributed by atoms with van der Waals surface area (Å²) >= 11 is 0. The third-order valence-corrected chi connectivity index (χ3v) is 3.02. The maximum Gasteiger partial charge on any atom is 0.191 e. The van der Waals surface area contributed by atoms with Crippen molar-refractivity contribution in [3.8, 4) is 5.75 Å². The second kappa shape index (κ2) is 12.7. The summed E-state index contributed by atoms with van der Waals surface area (Å²) in [6.45, 7) is 6.20. The molecule has 0 bridgehead atoms. The van der Waals surface area contributed by atoms with E-state index in [0.717, 1.165) is 36.8 Å². The maximum absolute atomic E-state index is 5.71. The van der Waals surface area contributed by atoms with Gasteiger partial charge in [-0.2, -0.15) is 0 Å². The monoisotopic (exact) mass is 323 g/mol. The summed E-state index contributed by atoms with van der Waals surface area (Å²) in [5.41, 5.74) is 1.11. The summed E-state index contributed by atoms with van der Waals surface area (Å²) < 4.78 is 15.8. The Labute approximate surface area is 139 Å². The summed E-state index contributed by atoms with van der Waals surface area (Å²) in [5.74, 6) is 1.65. The second-order valence-corrected chi connectivity index (χ2v) is 4.96. The van der Waals surface area contributed by atoms with E-state index >= 15 is 0 Å². The molecule has 0 atom stereocenters. The topological polar surface area (TPSA) is 64.1 Å². The van der Waals surface area contributed by atoms with Crippen molar-refractivity contribution in [3.63, 3.8) is 0 Å². The van der Waals surface area contributed by atoms with Gasteiger partial charge in [0.15, 0.2) is 5.96 Å². The Kier molecular flexibility index (Phi) is 10.7. The van der Waals surface area contributed by atoms with Gasteiger partial charge in [-0.15, -0.1) is 0 Å². The van der Waals surface area contributed by atoms with Gasteiger partial charge < -0.3 is 24.8 Å². The molecule has 0 aliphatic rings. The molecule has 1 rings (SSSR count). The second-order valence-electron chi connectivity index (χ2n) is 4.96. The molecule has 0 aliphatic heterocycles. The normalized spacial score (nSPS) is 11.3. The third-order valence-electron chi connectivity index (χ3n) is 3.02. The first-order valence-corrected chi connectivity index (χ1v) is 8.02. The highest BCUT2D eigenvalue weighted by molar-refractivity contribution is 5.79. The molecule has 6 heteroatoms. The number of nitrogens with one attached hydrogen (secondary N) is 2. The number of guanidine groups is 1. The van der Waals surface area contributed by atoms with Crippen molar-refractivity contribution in [2.45, 2.75) is 19.9 Å². The molecule has 23 heavy (non-hydrogen) atoms. The lowest BCUT2D eigenvalue weighted by Gasteiger charge is -2.11. The Hall–Kier alpha value is -1.79. The summed E-state index contributed by atoms with van der Waals surface area (Å²) in [6.07, 6.45) is 0.882. The van der Waals surface area contributed by atoms with Crippen molar-refractivity contribution in [1.82, 2.24) is 10.6 Å². The van der Waals surface area contributed by atoms with Gasteiger partial charge in [0.05, 0.1) is 19.8 Å². The first-order chi connectivity index (χ1) is 11.3. The summed E-state index contributed by atoms with van der Waals surface area (Å²) in [7, 11) is 3.38. The fraction of sp³-hybridized carbons (Fsp3) is 0.588. The van der Waals surface area contributed by atoms with Gasteiger partial charge in [0.25, 0.3) is 0 Å². The predicted octanol–water partition coefficient (Wildman–Crippen LogP) is 1.80. The number of rotatable bonds is 11. The number of benzene rings is 1. The molecular weight excluding hydrogens is 294 g/mol. The smallest absolute Gasteiger partial charge is 0.191 e. The molecule has 0 amide bonds. The Bertz CT molecular complexity index is 452. The molecule has 6 nitrogen and oxygen atoms in total. The van der Waals surface area contributed by atoms with Crippen LogP contribution in [0.4, 0.5) is 0 Å². The minimum absolute atomic E-state index is 0.595. The zero-order valence-electron chi connectivity index (χ0n) is 14.4. The van der Waals surface area contributed by atoms with Crippen molar-refractivity contribution in [1.29, 1.82) is 0 Å². The SMILES string of the molecule is CCNC(=NCc1cccc(OCCCOC)c1)NCCOC. The lowest BCUT2D eigenvalue weighted by Crippen LogP contribution is -2.38. The molecule has 0 aliphatic carbocycles. The van der Waals surface area contributed by atoms with Gasteiger partial charge in [-0.25, -0.2) is 4.99 Å². The van der Waals surface area contributed by atoms with Crippen molar-refractivity contribution in [3.05, 3.63) is 29.8 Å². The maximum atomic E-state index is 5.71. The van der Waals surface area contributed by atoms with E-state index in [1.807, 2.05) is 31.2 Å². The minimum Gasteiger partial charge on any atom is -0.493 e.